The summed E-state index contributed by atoms with van der Waals surface area (Å²) in [5, 5.41) is 4.20. The summed E-state index contributed by atoms with van der Waals surface area (Å²) in [5.41, 5.74) is 7.03. The summed E-state index contributed by atoms with van der Waals surface area (Å²) < 4.78 is 14.5. The first-order valence-electron chi connectivity index (χ1n) is 4.58. The van der Waals surface area contributed by atoms with Crippen molar-refractivity contribution in [3.05, 3.63) is 41.6 Å². The maximum absolute atomic E-state index is 12.9. The maximum atomic E-state index is 12.9. The van der Waals surface area contributed by atoms with Crippen molar-refractivity contribution in [2.45, 2.75) is 13.5 Å². The van der Waals surface area contributed by atoms with Gasteiger partial charge in [0.05, 0.1) is 11.9 Å². The van der Waals surface area contributed by atoms with Crippen LogP contribution in [0.5, 0.6) is 0 Å². The molecule has 4 nitrogen and oxygen atoms in total. The molecular formula is C10H11FN4. The van der Waals surface area contributed by atoms with Gasteiger partial charge in [0.25, 0.3) is 0 Å². The van der Waals surface area contributed by atoms with E-state index in [1.54, 1.807) is 10.9 Å². The second-order valence-corrected chi connectivity index (χ2v) is 3.24. The number of aryl methyl sites for hydroxylation is 1. The van der Waals surface area contributed by atoms with Crippen LogP contribution in [0, 0.1) is 12.7 Å². The third-order valence-corrected chi connectivity index (χ3v) is 2.07. The summed E-state index contributed by atoms with van der Waals surface area (Å²) in [6, 6.07) is 3.23. The number of nitrogens with two attached hydrogens (primary N) is 1. The third kappa shape index (κ3) is 1.87. The molecule has 2 aromatic rings. The van der Waals surface area contributed by atoms with Crippen LogP contribution in [-0.2, 0) is 6.54 Å². The van der Waals surface area contributed by atoms with Gasteiger partial charge in [-0.1, -0.05) is 0 Å². The highest BCUT2D eigenvalue weighted by Gasteiger charge is 2.07. The first-order valence-corrected chi connectivity index (χ1v) is 4.58. The Hall–Kier alpha value is -1.75. The summed E-state index contributed by atoms with van der Waals surface area (Å²) in [6.45, 7) is 2.11. The first-order chi connectivity index (χ1) is 7.20. The van der Waals surface area contributed by atoms with Crippen molar-refractivity contribution in [3.63, 3.8) is 0 Å². The summed E-state index contributed by atoms with van der Waals surface area (Å²) in [7, 11) is 0. The molecule has 0 aliphatic carbocycles. The van der Waals surface area contributed by atoms with E-state index in [0.29, 0.717) is 11.4 Å². The molecule has 2 heterocycles. The number of hydrogen-bond acceptors (Lipinski definition) is 3. The van der Waals surface area contributed by atoms with Crippen molar-refractivity contribution >= 4 is 0 Å². The van der Waals surface area contributed by atoms with Crippen molar-refractivity contribution in [1.82, 2.24) is 14.8 Å². The highest BCUT2D eigenvalue weighted by atomic mass is 19.1. The number of pyridine rings is 1. The van der Waals surface area contributed by atoms with Gasteiger partial charge in [0.15, 0.2) is 5.82 Å². The van der Waals surface area contributed by atoms with Crippen LogP contribution in [0.1, 0.15) is 11.3 Å². The molecule has 0 amide bonds. The fourth-order valence-corrected chi connectivity index (χ4v) is 1.36. The predicted octanol–water partition coefficient (Wildman–Crippen LogP) is 1.17. The Morgan fingerprint density at radius 1 is 1.53 bits per heavy atom. The van der Waals surface area contributed by atoms with Crippen LogP contribution >= 0.6 is 0 Å². The number of nitrogens with zero attached hydrogens (tertiary/aromatic N) is 3. The molecule has 0 saturated carbocycles. The lowest BCUT2D eigenvalue weighted by molar-refractivity contribution is 0.615. The van der Waals surface area contributed by atoms with E-state index >= 15 is 0 Å². The number of aromatic nitrogens is 3. The molecule has 5 heteroatoms. The van der Waals surface area contributed by atoms with Gasteiger partial charge in [-0.15, -0.1) is 0 Å². The fourth-order valence-electron chi connectivity index (χ4n) is 1.36. The molecule has 0 aromatic carbocycles. The van der Waals surface area contributed by atoms with Gasteiger partial charge in [-0.2, -0.15) is 5.10 Å². The molecule has 0 saturated heterocycles. The zero-order valence-electron chi connectivity index (χ0n) is 8.31. The molecule has 0 atom stereocenters. The number of hydrogen-bond donors (Lipinski definition) is 1. The Kier molecular flexibility index (Phi) is 2.47. The monoisotopic (exact) mass is 206 g/mol. The highest BCUT2D eigenvalue weighted by molar-refractivity contribution is 5.33. The molecule has 2 rings (SSSR count). The van der Waals surface area contributed by atoms with Crippen molar-refractivity contribution in [1.29, 1.82) is 0 Å². The van der Waals surface area contributed by atoms with Gasteiger partial charge < -0.3 is 5.73 Å². The Morgan fingerprint density at radius 2 is 2.33 bits per heavy atom. The molecule has 0 bridgehead atoms. The zero-order valence-corrected chi connectivity index (χ0v) is 8.31. The number of rotatable bonds is 2. The molecule has 78 valence electrons. The number of halogens is 1. The minimum absolute atomic E-state index is 0.235. The SMILES string of the molecule is Cc1ccn(-c2ncc(F)cc2CN)n1. The summed E-state index contributed by atoms with van der Waals surface area (Å²) in [5.74, 6) is 0.190. The van der Waals surface area contributed by atoms with Crippen LogP contribution in [0.15, 0.2) is 24.5 Å². The van der Waals surface area contributed by atoms with Gasteiger partial charge in [-0.05, 0) is 19.1 Å². The van der Waals surface area contributed by atoms with Crippen LogP contribution in [0.25, 0.3) is 5.82 Å². The van der Waals surface area contributed by atoms with E-state index in [1.165, 1.54) is 6.07 Å². The first kappa shape index (κ1) is 9.79. The quantitative estimate of drug-likeness (QED) is 0.802. The summed E-state index contributed by atoms with van der Waals surface area (Å²) in [4.78, 5) is 3.98. The molecule has 0 spiro atoms. The average Bonchev–Trinajstić information content (AvgIpc) is 2.64. The van der Waals surface area contributed by atoms with Gasteiger partial charge in [-0.3, -0.25) is 0 Å². The second-order valence-electron chi connectivity index (χ2n) is 3.24. The molecule has 0 unspecified atom stereocenters. The molecule has 2 N–H and O–H groups in total. The Bertz CT molecular complexity index is 478. The third-order valence-electron chi connectivity index (χ3n) is 2.07. The molecular weight excluding hydrogens is 195 g/mol. The predicted molar refractivity (Wildman–Crippen MR) is 53.9 cm³/mol. The van der Waals surface area contributed by atoms with Gasteiger partial charge in [0.2, 0.25) is 0 Å². The Labute approximate surface area is 86.6 Å². The molecule has 0 aliphatic heterocycles. The molecule has 15 heavy (non-hydrogen) atoms. The van der Waals surface area contributed by atoms with E-state index in [0.717, 1.165) is 11.9 Å². The Balaban J connectivity index is 2.52. The lowest BCUT2D eigenvalue weighted by Gasteiger charge is -2.06. The van der Waals surface area contributed by atoms with Crippen LogP contribution in [0.4, 0.5) is 4.39 Å². The lowest BCUT2D eigenvalue weighted by Crippen LogP contribution is -2.08. The fraction of sp³-hybridized carbons (Fsp3) is 0.200. The summed E-state index contributed by atoms with van der Waals surface area (Å²) >= 11 is 0. The van der Waals surface area contributed by atoms with Crippen LogP contribution in [0.3, 0.4) is 0 Å². The van der Waals surface area contributed by atoms with Gasteiger partial charge in [-0.25, -0.2) is 14.1 Å². The molecule has 2 aromatic heterocycles. The van der Waals surface area contributed by atoms with Crippen LogP contribution in [-0.4, -0.2) is 14.8 Å². The largest absolute Gasteiger partial charge is 0.326 e. The van der Waals surface area contributed by atoms with E-state index in [9.17, 15) is 4.39 Å². The summed E-state index contributed by atoms with van der Waals surface area (Å²) in [6.07, 6.45) is 2.93. The smallest absolute Gasteiger partial charge is 0.157 e. The van der Waals surface area contributed by atoms with Crippen LogP contribution in [0.2, 0.25) is 0 Å². The van der Waals surface area contributed by atoms with Crippen molar-refractivity contribution < 1.29 is 4.39 Å². The van der Waals surface area contributed by atoms with E-state index < -0.39 is 0 Å². The maximum Gasteiger partial charge on any atom is 0.157 e. The Morgan fingerprint density at radius 3 is 2.93 bits per heavy atom. The standard InChI is InChI=1S/C10H11FN4/c1-7-2-3-15(14-7)10-8(5-12)4-9(11)6-13-10/h2-4,6H,5,12H2,1H3. The topological polar surface area (TPSA) is 56.7 Å². The van der Waals surface area contributed by atoms with Gasteiger partial charge >= 0.3 is 0 Å². The average molecular weight is 206 g/mol. The molecule has 0 radical (unpaired) electrons. The van der Waals surface area contributed by atoms with Gasteiger partial charge in [0.1, 0.15) is 5.82 Å². The van der Waals surface area contributed by atoms with E-state index in [4.69, 9.17) is 5.73 Å². The second kappa shape index (κ2) is 3.78. The molecule has 0 fully saturated rings. The van der Waals surface area contributed by atoms with Crippen molar-refractivity contribution in [2.24, 2.45) is 5.73 Å². The molecule has 0 aliphatic rings. The zero-order chi connectivity index (χ0) is 10.8. The van der Waals surface area contributed by atoms with Crippen molar-refractivity contribution in [2.75, 3.05) is 0 Å². The van der Waals surface area contributed by atoms with Crippen LogP contribution < -0.4 is 5.73 Å². The van der Waals surface area contributed by atoms with E-state index in [1.807, 2.05) is 13.0 Å². The minimum Gasteiger partial charge on any atom is -0.326 e. The van der Waals surface area contributed by atoms with E-state index in [-0.39, 0.29) is 12.4 Å². The normalized spacial score (nSPS) is 10.6. The highest BCUT2D eigenvalue weighted by Crippen LogP contribution is 2.12. The van der Waals surface area contributed by atoms with E-state index in [2.05, 4.69) is 10.1 Å². The van der Waals surface area contributed by atoms with Gasteiger partial charge in [0, 0.05) is 18.3 Å². The lowest BCUT2D eigenvalue weighted by atomic mass is 10.2. The minimum atomic E-state index is -0.386. The van der Waals surface area contributed by atoms with Crippen molar-refractivity contribution in [3.8, 4) is 5.82 Å².